The van der Waals surface area contributed by atoms with Crippen LogP contribution in [0.2, 0.25) is 0 Å². The molecule has 0 aliphatic carbocycles. The number of methoxy groups -OCH3 is 2. The van der Waals surface area contributed by atoms with Crippen molar-refractivity contribution in [3.63, 3.8) is 0 Å². The molecule has 0 aliphatic heterocycles. The maximum atomic E-state index is 10.6. The van der Waals surface area contributed by atoms with E-state index in [0.717, 1.165) is 5.56 Å². The maximum Gasteiger partial charge on any atom is 0.310 e. The van der Waals surface area contributed by atoms with Gasteiger partial charge in [-0.3, -0.25) is 4.79 Å². The lowest BCUT2D eigenvalue weighted by molar-refractivity contribution is -0.136. The van der Waals surface area contributed by atoms with Crippen molar-refractivity contribution in [1.82, 2.24) is 4.98 Å². The average molecular weight is 279 g/mol. The molecule has 1 heterocycles. The Hall–Kier alpha value is -2.08. The Balaban J connectivity index is 2.35. The van der Waals surface area contributed by atoms with Gasteiger partial charge < -0.3 is 14.6 Å². The highest BCUT2D eigenvalue weighted by atomic mass is 32.1. The third-order valence-corrected chi connectivity index (χ3v) is 3.39. The first-order valence-corrected chi connectivity index (χ1v) is 6.40. The van der Waals surface area contributed by atoms with Gasteiger partial charge in [0.1, 0.15) is 16.5 Å². The normalized spacial score (nSPS) is 10.2. The summed E-state index contributed by atoms with van der Waals surface area (Å²) in [7, 11) is 3.16. The first-order chi connectivity index (χ1) is 9.13. The van der Waals surface area contributed by atoms with Gasteiger partial charge in [0.15, 0.2) is 0 Å². The molecule has 1 aromatic heterocycles. The number of rotatable bonds is 5. The van der Waals surface area contributed by atoms with Crippen LogP contribution in [0.15, 0.2) is 23.6 Å². The minimum Gasteiger partial charge on any atom is -0.497 e. The Morgan fingerprint density at radius 3 is 2.79 bits per heavy atom. The summed E-state index contributed by atoms with van der Waals surface area (Å²) >= 11 is 1.32. The number of aliphatic carboxylic acids is 1. The molecule has 19 heavy (non-hydrogen) atoms. The number of thiazole rings is 1. The first kappa shape index (κ1) is 13.4. The van der Waals surface area contributed by atoms with Crippen LogP contribution >= 0.6 is 11.3 Å². The maximum absolute atomic E-state index is 10.6. The summed E-state index contributed by atoms with van der Waals surface area (Å²) in [5.41, 5.74) is 1.52. The van der Waals surface area contributed by atoms with E-state index in [-0.39, 0.29) is 6.42 Å². The summed E-state index contributed by atoms with van der Waals surface area (Å²) < 4.78 is 10.4. The Morgan fingerprint density at radius 2 is 2.16 bits per heavy atom. The minimum absolute atomic E-state index is 0.0663. The fraction of sp³-hybridized carbons (Fsp3) is 0.231. The molecule has 1 N–H and O–H groups in total. The van der Waals surface area contributed by atoms with Crippen LogP contribution in [0.4, 0.5) is 0 Å². The lowest BCUT2D eigenvalue weighted by atomic mass is 10.1. The third-order valence-electron chi connectivity index (χ3n) is 2.54. The molecule has 0 atom stereocenters. The summed E-state index contributed by atoms with van der Waals surface area (Å²) in [6.45, 7) is 0. The Kier molecular flexibility index (Phi) is 4.01. The topological polar surface area (TPSA) is 68.7 Å². The van der Waals surface area contributed by atoms with E-state index < -0.39 is 5.97 Å². The van der Waals surface area contributed by atoms with Crippen molar-refractivity contribution in [3.8, 4) is 22.8 Å². The summed E-state index contributed by atoms with van der Waals surface area (Å²) in [6.07, 6.45) is -0.0663. The summed E-state index contributed by atoms with van der Waals surface area (Å²) in [5, 5.41) is 11.1. The van der Waals surface area contributed by atoms with E-state index in [9.17, 15) is 4.79 Å². The Morgan fingerprint density at radius 1 is 1.37 bits per heavy atom. The Labute approximate surface area is 114 Å². The molecule has 0 amide bonds. The molecule has 100 valence electrons. The number of hydrogen-bond acceptors (Lipinski definition) is 5. The number of aromatic nitrogens is 1. The fourth-order valence-corrected chi connectivity index (χ4v) is 2.44. The van der Waals surface area contributed by atoms with Crippen LogP contribution in [0.1, 0.15) is 5.01 Å². The van der Waals surface area contributed by atoms with E-state index >= 15 is 0 Å². The molecule has 1 aromatic carbocycles. The minimum atomic E-state index is -0.886. The molecule has 0 saturated carbocycles. The monoisotopic (exact) mass is 279 g/mol. The van der Waals surface area contributed by atoms with Gasteiger partial charge in [-0.25, -0.2) is 4.98 Å². The number of ether oxygens (including phenoxy) is 2. The summed E-state index contributed by atoms with van der Waals surface area (Å²) in [5.74, 6) is 0.454. The van der Waals surface area contributed by atoms with Gasteiger partial charge in [-0.05, 0) is 12.1 Å². The highest BCUT2D eigenvalue weighted by molar-refractivity contribution is 7.10. The summed E-state index contributed by atoms with van der Waals surface area (Å²) in [4.78, 5) is 14.9. The lowest BCUT2D eigenvalue weighted by Crippen LogP contribution is -1.99. The van der Waals surface area contributed by atoms with Gasteiger partial charge in [0.05, 0.1) is 26.3 Å². The van der Waals surface area contributed by atoms with Gasteiger partial charge in [-0.1, -0.05) is 0 Å². The molecule has 0 unspecified atom stereocenters. The van der Waals surface area contributed by atoms with Crippen LogP contribution in [-0.4, -0.2) is 30.3 Å². The van der Waals surface area contributed by atoms with Crippen molar-refractivity contribution in [1.29, 1.82) is 0 Å². The molecule has 6 heteroatoms. The van der Waals surface area contributed by atoms with Crippen molar-refractivity contribution in [3.05, 3.63) is 28.6 Å². The van der Waals surface area contributed by atoms with E-state index in [1.807, 2.05) is 17.5 Å². The lowest BCUT2D eigenvalue weighted by Gasteiger charge is -2.08. The number of carboxylic acids is 1. The first-order valence-electron chi connectivity index (χ1n) is 5.52. The zero-order valence-corrected chi connectivity index (χ0v) is 11.4. The predicted molar refractivity (Wildman–Crippen MR) is 72.0 cm³/mol. The number of nitrogens with zero attached hydrogens (tertiary/aromatic N) is 1. The standard InChI is InChI=1S/C13H13NO4S/c1-17-8-3-4-9(11(5-8)18-2)10-7-19-12(14-10)6-13(15)16/h3-5,7H,6H2,1-2H3,(H,15,16). The molecule has 0 fully saturated rings. The predicted octanol–water partition coefficient (Wildman–Crippen LogP) is 2.45. The summed E-state index contributed by atoms with van der Waals surface area (Å²) in [6, 6.07) is 5.43. The van der Waals surface area contributed by atoms with Gasteiger partial charge in [0.25, 0.3) is 0 Å². The molecule has 2 aromatic rings. The van der Waals surface area contributed by atoms with Gasteiger partial charge in [-0.15, -0.1) is 11.3 Å². The number of benzene rings is 1. The van der Waals surface area contributed by atoms with Crippen LogP contribution in [0.5, 0.6) is 11.5 Å². The largest absolute Gasteiger partial charge is 0.497 e. The van der Waals surface area contributed by atoms with Gasteiger partial charge in [0.2, 0.25) is 0 Å². The van der Waals surface area contributed by atoms with Crippen molar-refractivity contribution < 1.29 is 19.4 Å². The van der Waals surface area contributed by atoms with Gasteiger partial charge >= 0.3 is 5.97 Å². The van der Waals surface area contributed by atoms with E-state index in [0.29, 0.717) is 22.2 Å². The van der Waals surface area contributed by atoms with Crippen LogP contribution < -0.4 is 9.47 Å². The molecular weight excluding hydrogens is 266 g/mol. The third kappa shape index (κ3) is 3.03. The quantitative estimate of drug-likeness (QED) is 0.910. The van der Waals surface area contributed by atoms with Crippen molar-refractivity contribution in [2.24, 2.45) is 0 Å². The second-order valence-electron chi connectivity index (χ2n) is 3.76. The number of hydrogen-bond donors (Lipinski definition) is 1. The number of carboxylic acid groups (broad SMARTS) is 1. The average Bonchev–Trinajstić information content (AvgIpc) is 2.85. The van der Waals surface area contributed by atoms with Crippen LogP contribution in [0.25, 0.3) is 11.3 Å². The molecule has 0 saturated heterocycles. The van der Waals surface area contributed by atoms with Crippen LogP contribution in [0.3, 0.4) is 0 Å². The second-order valence-corrected chi connectivity index (χ2v) is 4.71. The molecule has 0 aliphatic rings. The van der Waals surface area contributed by atoms with E-state index in [4.69, 9.17) is 14.6 Å². The zero-order chi connectivity index (χ0) is 13.8. The smallest absolute Gasteiger partial charge is 0.310 e. The van der Waals surface area contributed by atoms with E-state index in [1.165, 1.54) is 11.3 Å². The highest BCUT2D eigenvalue weighted by Crippen LogP contribution is 2.33. The highest BCUT2D eigenvalue weighted by Gasteiger charge is 2.12. The fourth-order valence-electron chi connectivity index (χ4n) is 1.66. The number of carbonyl (C=O) groups is 1. The molecule has 0 bridgehead atoms. The molecule has 2 rings (SSSR count). The van der Waals surface area contributed by atoms with E-state index in [1.54, 1.807) is 20.3 Å². The van der Waals surface area contributed by atoms with Crippen molar-refractivity contribution in [2.75, 3.05) is 14.2 Å². The molecule has 5 nitrogen and oxygen atoms in total. The molecular formula is C13H13NO4S. The zero-order valence-electron chi connectivity index (χ0n) is 10.5. The van der Waals surface area contributed by atoms with Crippen molar-refractivity contribution in [2.45, 2.75) is 6.42 Å². The SMILES string of the molecule is COc1ccc(-c2csc(CC(=O)O)n2)c(OC)c1. The van der Waals surface area contributed by atoms with Crippen LogP contribution in [0, 0.1) is 0 Å². The van der Waals surface area contributed by atoms with Crippen LogP contribution in [-0.2, 0) is 11.2 Å². The van der Waals surface area contributed by atoms with Crippen molar-refractivity contribution >= 4 is 17.3 Å². The molecule has 0 spiro atoms. The second kappa shape index (κ2) is 5.71. The molecule has 0 radical (unpaired) electrons. The van der Waals surface area contributed by atoms with E-state index in [2.05, 4.69) is 4.98 Å². The van der Waals surface area contributed by atoms with Gasteiger partial charge in [-0.2, -0.15) is 0 Å². The Bertz CT molecular complexity index is 594. The van der Waals surface area contributed by atoms with Gasteiger partial charge in [0, 0.05) is 17.0 Å².